The molecular weight excluding hydrogens is 188 g/mol. The first kappa shape index (κ1) is 12.2. The molecule has 2 N–H and O–H groups in total. The summed E-state index contributed by atoms with van der Waals surface area (Å²) >= 11 is 0. The maximum atomic E-state index is 9.85. The number of benzene rings is 1. The Morgan fingerprint density at radius 3 is 2.13 bits per heavy atom. The molecular formula is C13H20O2. The van der Waals surface area contributed by atoms with E-state index in [1.54, 1.807) is 0 Å². The molecule has 1 aromatic carbocycles. The van der Waals surface area contributed by atoms with Gasteiger partial charge < -0.3 is 10.2 Å². The van der Waals surface area contributed by atoms with Crippen LogP contribution in [0.3, 0.4) is 0 Å². The van der Waals surface area contributed by atoms with Gasteiger partial charge in [0.15, 0.2) is 0 Å². The molecule has 0 saturated carbocycles. The predicted molar refractivity (Wildman–Crippen MR) is 61.5 cm³/mol. The minimum absolute atomic E-state index is 0.558. The second-order valence-corrected chi connectivity index (χ2v) is 4.39. The second kappa shape index (κ2) is 5.89. The van der Waals surface area contributed by atoms with Gasteiger partial charge in [0.2, 0.25) is 0 Å². The third-order valence-corrected chi connectivity index (χ3v) is 2.55. The van der Waals surface area contributed by atoms with Crippen molar-refractivity contribution in [2.24, 2.45) is 5.92 Å². The topological polar surface area (TPSA) is 40.5 Å². The van der Waals surface area contributed by atoms with Gasteiger partial charge in [0.1, 0.15) is 6.10 Å². The smallest absolute Gasteiger partial charge is 0.105 e. The number of aliphatic hydroxyl groups excluding tert-OH is 2. The Bertz CT molecular complexity index is 269. The van der Waals surface area contributed by atoms with E-state index in [1.807, 2.05) is 30.3 Å². The van der Waals surface area contributed by atoms with E-state index in [2.05, 4.69) is 13.8 Å². The van der Waals surface area contributed by atoms with Gasteiger partial charge in [0.25, 0.3) is 0 Å². The Morgan fingerprint density at radius 2 is 1.60 bits per heavy atom. The van der Waals surface area contributed by atoms with Crippen molar-refractivity contribution in [1.29, 1.82) is 0 Å². The molecule has 0 aliphatic rings. The van der Waals surface area contributed by atoms with Crippen molar-refractivity contribution in [2.75, 3.05) is 0 Å². The molecule has 0 fully saturated rings. The zero-order valence-corrected chi connectivity index (χ0v) is 9.43. The molecule has 1 rings (SSSR count). The van der Waals surface area contributed by atoms with E-state index < -0.39 is 12.2 Å². The summed E-state index contributed by atoms with van der Waals surface area (Å²) in [6, 6.07) is 9.31. The van der Waals surface area contributed by atoms with Crippen LogP contribution in [0.15, 0.2) is 30.3 Å². The third kappa shape index (κ3) is 4.02. The Morgan fingerprint density at radius 1 is 1.00 bits per heavy atom. The summed E-state index contributed by atoms with van der Waals surface area (Å²) in [7, 11) is 0. The molecule has 84 valence electrons. The van der Waals surface area contributed by atoms with Crippen molar-refractivity contribution in [3.63, 3.8) is 0 Å². The molecule has 2 atom stereocenters. The van der Waals surface area contributed by atoms with Crippen molar-refractivity contribution in [3.8, 4) is 0 Å². The van der Waals surface area contributed by atoms with Crippen molar-refractivity contribution in [3.05, 3.63) is 35.9 Å². The molecule has 0 saturated heterocycles. The van der Waals surface area contributed by atoms with E-state index in [-0.39, 0.29) is 0 Å². The molecule has 15 heavy (non-hydrogen) atoms. The monoisotopic (exact) mass is 208 g/mol. The van der Waals surface area contributed by atoms with Gasteiger partial charge in [-0.05, 0) is 24.3 Å². The maximum absolute atomic E-state index is 9.85. The van der Waals surface area contributed by atoms with E-state index in [0.29, 0.717) is 12.3 Å². The van der Waals surface area contributed by atoms with E-state index >= 15 is 0 Å². The lowest BCUT2D eigenvalue weighted by molar-refractivity contribution is 0.0105. The molecule has 0 spiro atoms. The fraction of sp³-hybridized carbons (Fsp3) is 0.538. The predicted octanol–water partition coefficient (Wildman–Crippen LogP) is 2.52. The van der Waals surface area contributed by atoms with Crippen molar-refractivity contribution >= 4 is 0 Å². The number of aliphatic hydroxyl groups is 2. The summed E-state index contributed by atoms with van der Waals surface area (Å²) in [5.74, 6) is 0.558. The van der Waals surface area contributed by atoms with Gasteiger partial charge in [-0.3, -0.25) is 0 Å². The third-order valence-electron chi connectivity index (χ3n) is 2.55. The number of hydrogen-bond donors (Lipinski definition) is 2. The summed E-state index contributed by atoms with van der Waals surface area (Å²) in [6.07, 6.45) is 0.165. The van der Waals surface area contributed by atoms with Gasteiger partial charge in [0, 0.05) is 0 Å². The summed E-state index contributed by atoms with van der Waals surface area (Å²) in [5, 5.41) is 19.6. The molecule has 0 aliphatic heterocycles. The van der Waals surface area contributed by atoms with Crippen LogP contribution in [-0.2, 0) is 0 Å². The number of hydrogen-bond acceptors (Lipinski definition) is 2. The largest absolute Gasteiger partial charge is 0.390 e. The highest BCUT2D eigenvalue weighted by Crippen LogP contribution is 2.20. The molecule has 0 amide bonds. The van der Waals surface area contributed by atoms with Crippen molar-refractivity contribution in [2.45, 2.75) is 38.9 Å². The Balaban J connectivity index is 2.49. The lowest BCUT2D eigenvalue weighted by Crippen LogP contribution is -2.18. The molecule has 0 radical (unpaired) electrons. The summed E-state index contributed by atoms with van der Waals surface area (Å²) < 4.78 is 0. The fourth-order valence-electron chi connectivity index (χ4n) is 1.53. The summed E-state index contributed by atoms with van der Waals surface area (Å²) in [4.78, 5) is 0. The zero-order valence-electron chi connectivity index (χ0n) is 9.43. The van der Waals surface area contributed by atoms with Gasteiger partial charge in [-0.1, -0.05) is 44.2 Å². The van der Waals surface area contributed by atoms with Crippen molar-refractivity contribution < 1.29 is 10.2 Å². The lowest BCUT2D eigenvalue weighted by atomic mass is 9.98. The Hall–Kier alpha value is -0.860. The normalized spacial score (nSPS) is 15.3. The molecule has 0 aromatic heterocycles. The van der Waals surface area contributed by atoms with Gasteiger partial charge in [-0.2, -0.15) is 0 Å². The van der Waals surface area contributed by atoms with Crippen LogP contribution in [0.2, 0.25) is 0 Å². The minimum Gasteiger partial charge on any atom is -0.390 e. The molecule has 1 aromatic rings. The highest BCUT2D eigenvalue weighted by atomic mass is 16.3. The first-order chi connectivity index (χ1) is 7.11. The van der Waals surface area contributed by atoms with Crippen LogP contribution in [0.5, 0.6) is 0 Å². The Kier molecular flexibility index (Phi) is 4.79. The quantitative estimate of drug-likeness (QED) is 0.780. The van der Waals surface area contributed by atoms with Gasteiger partial charge >= 0.3 is 0 Å². The molecule has 0 bridgehead atoms. The second-order valence-electron chi connectivity index (χ2n) is 4.39. The van der Waals surface area contributed by atoms with E-state index in [1.165, 1.54) is 0 Å². The molecule has 2 nitrogen and oxygen atoms in total. The lowest BCUT2D eigenvalue weighted by Gasteiger charge is -2.18. The van der Waals surface area contributed by atoms with Crippen LogP contribution in [-0.4, -0.2) is 16.3 Å². The minimum atomic E-state index is -0.759. The van der Waals surface area contributed by atoms with Gasteiger partial charge in [-0.25, -0.2) is 0 Å². The highest BCUT2D eigenvalue weighted by Gasteiger charge is 2.17. The van der Waals surface area contributed by atoms with Crippen LogP contribution in [0.4, 0.5) is 0 Å². The van der Waals surface area contributed by atoms with E-state index in [4.69, 9.17) is 0 Å². The van der Waals surface area contributed by atoms with E-state index in [9.17, 15) is 10.2 Å². The fourth-order valence-corrected chi connectivity index (χ4v) is 1.53. The molecule has 0 aliphatic carbocycles. The molecule has 2 unspecified atom stereocenters. The van der Waals surface area contributed by atoms with Crippen LogP contribution in [0, 0.1) is 5.92 Å². The maximum Gasteiger partial charge on any atom is 0.105 e. The molecule has 0 heterocycles. The standard InChI is InChI=1S/C13H20O2/c1-10(2)8-9-12(14)13(15)11-6-4-3-5-7-11/h3-7,10,12-15H,8-9H2,1-2H3. The van der Waals surface area contributed by atoms with Gasteiger partial charge in [-0.15, -0.1) is 0 Å². The van der Waals surface area contributed by atoms with Crippen LogP contribution < -0.4 is 0 Å². The molecule has 2 heteroatoms. The summed E-state index contributed by atoms with van der Waals surface area (Å²) in [5.41, 5.74) is 0.786. The van der Waals surface area contributed by atoms with Crippen molar-refractivity contribution in [1.82, 2.24) is 0 Å². The van der Waals surface area contributed by atoms with Crippen LogP contribution in [0.25, 0.3) is 0 Å². The number of rotatable bonds is 5. The summed E-state index contributed by atoms with van der Waals surface area (Å²) in [6.45, 7) is 4.23. The SMILES string of the molecule is CC(C)CCC(O)C(O)c1ccccc1. The first-order valence-corrected chi connectivity index (χ1v) is 5.52. The van der Waals surface area contributed by atoms with Crippen LogP contribution in [0.1, 0.15) is 38.4 Å². The average molecular weight is 208 g/mol. The first-order valence-electron chi connectivity index (χ1n) is 5.52. The van der Waals surface area contributed by atoms with Gasteiger partial charge in [0.05, 0.1) is 6.10 Å². The van der Waals surface area contributed by atoms with Crippen LogP contribution >= 0.6 is 0 Å². The van der Waals surface area contributed by atoms with E-state index in [0.717, 1.165) is 12.0 Å². The zero-order chi connectivity index (χ0) is 11.3. The highest BCUT2D eigenvalue weighted by molar-refractivity contribution is 5.18. The Labute approximate surface area is 91.6 Å². The average Bonchev–Trinajstić information content (AvgIpc) is 2.26.